The van der Waals surface area contributed by atoms with Gasteiger partial charge in [-0.2, -0.15) is 4.98 Å². The summed E-state index contributed by atoms with van der Waals surface area (Å²) in [5.74, 6) is 3.04. The third-order valence-electron chi connectivity index (χ3n) is 3.77. The van der Waals surface area contributed by atoms with E-state index in [-0.39, 0.29) is 0 Å². The first-order chi connectivity index (χ1) is 7.36. The zero-order chi connectivity index (χ0) is 10.3. The average molecular weight is 207 g/mol. The Morgan fingerprint density at radius 2 is 2.20 bits per heavy atom. The van der Waals surface area contributed by atoms with Gasteiger partial charge in [0.05, 0.1) is 0 Å². The second kappa shape index (κ2) is 3.59. The minimum absolute atomic E-state index is 0.525. The minimum atomic E-state index is 0.525. The number of aryl methyl sites for hydroxylation is 1. The second-order valence-electron chi connectivity index (χ2n) is 4.64. The Morgan fingerprint density at radius 3 is 2.73 bits per heavy atom. The normalized spacial score (nSPS) is 34.6. The fourth-order valence-corrected chi connectivity index (χ4v) is 2.82. The lowest BCUT2D eigenvalue weighted by molar-refractivity contribution is 0.0825. The van der Waals surface area contributed by atoms with Crippen molar-refractivity contribution in [1.82, 2.24) is 15.0 Å². The van der Waals surface area contributed by atoms with Gasteiger partial charge in [0.1, 0.15) is 0 Å². The van der Waals surface area contributed by atoms with Gasteiger partial charge >= 0.3 is 0 Å². The number of rotatable bonds is 2. The maximum atomic E-state index is 5.20. The molecule has 4 rings (SSSR count). The number of hydrogen-bond donors (Lipinski definition) is 0. The maximum absolute atomic E-state index is 5.20. The van der Waals surface area contributed by atoms with Crippen LogP contribution in [0.4, 0.5) is 0 Å². The summed E-state index contributed by atoms with van der Waals surface area (Å²) in [6.45, 7) is 5.71. The van der Waals surface area contributed by atoms with Crippen molar-refractivity contribution in [3.05, 3.63) is 11.7 Å². The van der Waals surface area contributed by atoms with E-state index >= 15 is 0 Å². The van der Waals surface area contributed by atoms with Gasteiger partial charge in [-0.3, -0.25) is 0 Å². The highest BCUT2D eigenvalue weighted by atomic mass is 16.5. The van der Waals surface area contributed by atoms with Crippen LogP contribution >= 0.6 is 0 Å². The summed E-state index contributed by atoms with van der Waals surface area (Å²) in [6.07, 6.45) is 3.45. The zero-order valence-corrected chi connectivity index (χ0v) is 9.15. The third kappa shape index (κ3) is 1.57. The van der Waals surface area contributed by atoms with Crippen molar-refractivity contribution in [2.45, 2.75) is 32.1 Å². The molecule has 0 spiro atoms. The summed E-state index contributed by atoms with van der Waals surface area (Å²) in [5, 5.41) is 4.12. The summed E-state index contributed by atoms with van der Waals surface area (Å²) in [6, 6.07) is 0. The Kier molecular flexibility index (Phi) is 2.24. The highest BCUT2D eigenvalue weighted by molar-refractivity contribution is 5.04. The van der Waals surface area contributed by atoms with Crippen LogP contribution in [-0.2, 0) is 6.42 Å². The van der Waals surface area contributed by atoms with Crippen molar-refractivity contribution in [3.8, 4) is 0 Å². The first-order valence-corrected chi connectivity index (χ1v) is 5.91. The SMILES string of the molecule is CCc1nc(C2CN3CCC2CC3)no1. The summed E-state index contributed by atoms with van der Waals surface area (Å²) in [7, 11) is 0. The van der Waals surface area contributed by atoms with E-state index in [9.17, 15) is 0 Å². The lowest BCUT2D eigenvalue weighted by Gasteiger charge is -2.43. The number of aromatic nitrogens is 2. The highest BCUT2D eigenvalue weighted by Crippen LogP contribution is 2.37. The van der Waals surface area contributed by atoms with Crippen molar-refractivity contribution < 1.29 is 4.52 Å². The second-order valence-corrected chi connectivity index (χ2v) is 4.64. The molecule has 1 atom stereocenters. The van der Waals surface area contributed by atoms with Crippen molar-refractivity contribution >= 4 is 0 Å². The molecule has 0 N–H and O–H groups in total. The lowest BCUT2D eigenvalue weighted by Crippen LogP contribution is -2.46. The molecule has 3 fully saturated rings. The molecule has 4 nitrogen and oxygen atoms in total. The Hall–Kier alpha value is -0.900. The van der Waals surface area contributed by atoms with Crippen LogP contribution in [0.25, 0.3) is 0 Å². The summed E-state index contributed by atoms with van der Waals surface area (Å²) in [4.78, 5) is 6.99. The molecule has 1 unspecified atom stereocenters. The van der Waals surface area contributed by atoms with Crippen LogP contribution in [0.3, 0.4) is 0 Å². The molecule has 1 aromatic heterocycles. The van der Waals surface area contributed by atoms with E-state index in [1.54, 1.807) is 0 Å². The van der Waals surface area contributed by atoms with E-state index in [0.29, 0.717) is 5.92 Å². The molecule has 2 bridgehead atoms. The first kappa shape index (κ1) is 9.33. The largest absolute Gasteiger partial charge is 0.339 e. The van der Waals surface area contributed by atoms with Crippen molar-refractivity contribution in [3.63, 3.8) is 0 Å². The first-order valence-electron chi connectivity index (χ1n) is 5.91. The lowest BCUT2D eigenvalue weighted by atomic mass is 9.79. The van der Waals surface area contributed by atoms with Crippen molar-refractivity contribution in [2.75, 3.05) is 19.6 Å². The smallest absolute Gasteiger partial charge is 0.226 e. The molecule has 4 heteroatoms. The van der Waals surface area contributed by atoms with E-state index in [4.69, 9.17) is 4.52 Å². The van der Waals surface area contributed by atoms with Gasteiger partial charge < -0.3 is 9.42 Å². The van der Waals surface area contributed by atoms with Crippen LogP contribution in [0.15, 0.2) is 4.52 Å². The predicted octanol–water partition coefficient (Wildman–Crippen LogP) is 1.44. The summed E-state index contributed by atoms with van der Waals surface area (Å²) >= 11 is 0. The minimum Gasteiger partial charge on any atom is -0.339 e. The quantitative estimate of drug-likeness (QED) is 0.736. The fraction of sp³-hybridized carbons (Fsp3) is 0.818. The number of fused-ring (bicyclic) bond motifs is 3. The molecule has 0 aromatic carbocycles. The number of nitrogens with zero attached hydrogens (tertiary/aromatic N) is 3. The zero-order valence-electron chi connectivity index (χ0n) is 9.15. The molecule has 0 saturated carbocycles. The van der Waals surface area contributed by atoms with E-state index in [1.165, 1.54) is 25.9 Å². The van der Waals surface area contributed by atoms with E-state index in [0.717, 1.165) is 30.6 Å². The Bertz CT molecular complexity index is 341. The van der Waals surface area contributed by atoms with E-state index in [2.05, 4.69) is 15.0 Å². The van der Waals surface area contributed by atoms with Crippen LogP contribution in [-0.4, -0.2) is 34.7 Å². The maximum Gasteiger partial charge on any atom is 0.226 e. The van der Waals surface area contributed by atoms with Crippen molar-refractivity contribution in [1.29, 1.82) is 0 Å². The van der Waals surface area contributed by atoms with Crippen LogP contribution in [0.2, 0.25) is 0 Å². The van der Waals surface area contributed by atoms with E-state index < -0.39 is 0 Å². The van der Waals surface area contributed by atoms with Gasteiger partial charge in [0, 0.05) is 18.9 Å². The van der Waals surface area contributed by atoms with Gasteiger partial charge in [-0.25, -0.2) is 0 Å². The monoisotopic (exact) mass is 207 g/mol. The molecular formula is C11H17N3O. The van der Waals surface area contributed by atoms with Gasteiger partial charge in [-0.15, -0.1) is 0 Å². The van der Waals surface area contributed by atoms with Gasteiger partial charge in [0.25, 0.3) is 0 Å². The molecule has 4 heterocycles. The Morgan fingerprint density at radius 1 is 1.40 bits per heavy atom. The molecule has 82 valence electrons. The number of piperidine rings is 3. The van der Waals surface area contributed by atoms with Gasteiger partial charge in [0.15, 0.2) is 5.82 Å². The van der Waals surface area contributed by atoms with Gasteiger partial charge in [-0.1, -0.05) is 12.1 Å². The summed E-state index contributed by atoms with van der Waals surface area (Å²) < 4.78 is 5.20. The van der Waals surface area contributed by atoms with Crippen molar-refractivity contribution in [2.24, 2.45) is 5.92 Å². The number of hydrogen-bond acceptors (Lipinski definition) is 4. The molecule has 0 aliphatic carbocycles. The molecular weight excluding hydrogens is 190 g/mol. The average Bonchev–Trinajstić information content (AvgIpc) is 2.79. The van der Waals surface area contributed by atoms with Crippen LogP contribution in [0.1, 0.15) is 37.4 Å². The third-order valence-corrected chi connectivity index (χ3v) is 3.77. The highest BCUT2D eigenvalue weighted by Gasteiger charge is 2.37. The molecule has 3 aliphatic heterocycles. The Balaban J connectivity index is 1.81. The Labute approximate surface area is 89.6 Å². The molecule has 1 aromatic rings. The van der Waals surface area contributed by atoms with Gasteiger partial charge in [-0.05, 0) is 31.8 Å². The molecule has 3 aliphatic rings. The standard InChI is InChI=1S/C11H17N3O/c1-2-10-12-11(13-15-10)9-7-14-5-3-8(9)4-6-14/h8-9H,2-7H2,1H3. The van der Waals surface area contributed by atoms with E-state index in [1.807, 2.05) is 6.92 Å². The molecule has 15 heavy (non-hydrogen) atoms. The molecule has 0 amide bonds. The predicted molar refractivity (Wildman–Crippen MR) is 55.6 cm³/mol. The van der Waals surface area contributed by atoms with Crippen LogP contribution < -0.4 is 0 Å². The van der Waals surface area contributed by atoms with Crippen LogP contribution in [0, 0.1) is 5.92 Å². The molecule has 3 saturated heterocycles. The molecule has 0 radical (unpaired) electrons. The fourth-order valence-electron chi connectivity index (χ4n) is 2.82. The van der Waals surface area contributed by atoms with Gasteiger partial charge in [0.2, 0.25) is 5.89 Å². The summed E-state index contributed by atoms with van der Waals surface area (Å²) in [5.41, 5.74) is 0. The van der Waals surface area contributed by atoms with Crippen LogP contribution in [0.5, 0.6) is 0 Å². The topological polar surface area (TPSA) is 42.2 Å².